The van der Waals surface area contributed by atoms with Gasteiger partial charge in [-0.3, -0.25) is 29.0 Å². The molecule has 2 aromatic rings. The molecule has 0 radical (unpaired) electrons. The van der Waals surface area contributed by atoms with E-state index in [0.717, 1.165) is 9.80 Å². The number of halogens is 2. The minimum atomic E-state index is -0.548. The van der Waals surface area contributed by atoms with Gasteiger partial charge in [-0.1, -0.05) is 23.2 Å². The van der Waals surface area contributed by atoms with Crippen LogP contribution in [0.25, 0.3) is 10.8 Å². The highest BCUT2D eigenvalue weighted by molar-refractivity contribution is 6.44. The predicted molar refractivity (Wildman–Crippen MR) is 96.1 cm³/mol. The highest BCUT2D eigenvalue weighted by Crippen LogP contribution is 2.43. The molecule has 26 heavy (non-hydrogen) atoms. The summed E-state index contributed by atoms with van der Waals surface area (Å²) in [5, 5.41) is 0.585. The number of hydrogen-bond acceptors (Lipinski definition) is 4. The lowest BCUT2D eigenvalue weighted by molar-refractivity contribution is 0.0597. The van der Waals surface area contributed by atoms with E-state index >= 15 is 0 Å². The van der Waals surface area contributed by atoms with Crippen LogP contribution in [0.3, 0.4) is 0 Å². The van der Waals surface area contributed by atoms with Gasteiger partial charge in [0.1, 0.15) is 0 Å². The summed E-state index contributed by atoms with van der Waals surface area (Å²) in [5.41, 5.74) is 0.565. The SMILES string of the molecule is CCN1C(=O)c2cc(Cl)c3c4c(cc(Cl)c(c24)C1=O)C(=O)N(CC)C3=O. The van der Waals surface area contributed by atoms with Gasteiger partial charge in [0.15, 0.2) is 0 Å². The first kappa shape index (κ1) is 17.0. The Kier molecular flexibility index (Phi) is 3.61. The molecule has 0 saturated heterocycles. The zero-order chi connectivity index (χ0) is 18.9. The molecule has 132 valence electrons. The first-order valence-electron chi connectivity index (χ1n) is 8.04. The van der Waals surface area contributed by atoms with Gasteiger partial charge in [0, 0.05) is 23.9 Å². The smallest absolute Gasteiger partial charge is 0.262 e. The molecule has 0 spiro atoms. The van der Waals surface area contributed by atoms with Crippen molar-refractivity contribution in [1.29, 1.82) is 0 Å². The predicted octanol–water partition coefficient (Wildman–Crippen LogP) is 3.38. The van der Waals surface area contributed by atoms with E-state index in [1.807, 2.05) is 0 Å². The minimum Gasteiger partial charge on any atom is -0.275 e. The summed E-state index contributed by atoms with van der Waals surface area (Å²) in [4.78, 5) is 53.2. The van der Waals surface area contributed by atoms with Crippen LogP contribution in [0.2, 0.25) is 10.0 Å². The van der Waals surface area contributed by atoms with Gasteiger partial charge in [-0.2, -0.15) is 0 Å². The highest BCUT2D eigenvalue weighted by Gasteiger charge is 2.41. The summed E-state index contributed by atoms with van der Waals surface area (Å²) in [5.74, 6) is -2.14. The molecular formula is C18H12Cl2N2O4. The molecular weight excluding hydrogens is 379 g/mol. The summed E-state index contributed by atoms with van der Waals surface area (Å²) in [6.07, 6.45) is 0. The van der Waals surface area contributed by atoms with Crippen molar-refractivity contribution in [2.45, 2.75) is 13.8 Å². The molecule has 0 fully saturated rings. The molecule has 0 aliphatic carbocycles. The van der Waals surface area contributed by atoms with Crippen molar-refractivity contribution in [2.24, 2.45) is 0 Å². The van der Waals surface area contributed by atoms with Crippen LogP contribution in [0.15, 0.2) is 12.1 Å². The van der Waals surface area contributed by atoms with E-state index in [2.05, 4.69) is 0 Å². The first-order valence-corrected chi connectivity index (χ1v) is 8.80. The van der Waals surface area contributed by atoms with E-state index in [4.69, 9.17) is 23.2 Å². The Morgan fingerprint density at radius 1 is 0.692 bits per heavy atom. The highest BCUT2D eigenvalue weighted by atomic mass is 35.5. The van der Waals surface area contributed by atoms with Crippen molar-refractivity contribution in [3.05, 3.63) is 44.4 Å². The van der Waals surface area contributed by atoms with E-state index in [9.17, 15) is 19.2 Å². The van der Waals surface area contributed by atoms with Crippen LogP contribution in [0.4, 0.5) is 0 Å². The number of benzene rings is 2. The fraction of sp³-hybridized carbons (Fsp3) is 0.222. The fourth-order valence-corrected chi connectivity index (χ4v) is 4.21. The van der Waals surface area contributed by atoms with Crippen molar-refractivity contribution in [3.8, 4) is 0 Å². The standard InChI is InChI=1S/C18H12Cl2N2O4/c1-3-21-15(23)7-5-10(20)14-12-8(16(24)22(4-2)18(14)26)6-9(19)13(11(7)12)17(21)25/h5-6H,3-4H2,1-2H3. The van der Waals surface area contributed by atoms with Crippen LogP contribution in [-0.2, 0) is 0 Å². The van der Waals surface area contributed by atoms with E-state index < -0.39 is 23.6 Å². The second-order valence-electron chi connectivity index (χ2n) is 6.02. The Hall–Kier alpha value is -2.44. The average Bonchev–Trinajstić information content (AvgIpc) is 2.59. The normalized spacial score (nSPS) is 16.2. The average molecular weight is 391 g/mol. The van der Waals surface area contributed by atoms with Gasteiger partial charge in [-0.25, -0.2) is 0 Å². The number of carbonyl (C=O) groups excluding carboxylic acids is 4. The Bertz CT molecular complexity index is 992. The van der Waals surface area contributed by atoms with E-state index in [1.165, 1.54) is 12.1 Å². The lowest BCUT2D eigenvalue weighted by atomic mass is 9.85. The van der Waals surface area contributed by atoms with Crippen molar-refractivity contribution in [3.63, 3.8) is 0 Å². The summed E-state index contributed by atoms with van der Waals surface area (Å²) >= 11 is 12.6. The maximum Gasteiger partial charge on any atom is 0.262 e. The summed E-state index contributed by atoms with van der Waals surface area (Å²) in [6, 6.07) is 2.75. The third kappa shape index (κ3) is 1.88. The van der Waals surface area contributed by atoms with Gasteiger partial charge >= 0.3 is 0 Å². The molecule has 6 nitrogen and oxygen atoms in total. The van der Waals surface area contributed by atoms with Crippen LogP contribution >= 0.6 is 23.2 Å². The van der Waals surface area contributed by atoms with Gasteiger partial charge in [-0.15, -0.1) is 0 Å². The van der Waals surface area contributed by atoms with E-state index in [0.29, 0.717) is 0 Å². The summed E-state index contributed by atoms with van der Waals surface area (Å²) in [6.45, 7) is 3.67. The van der Waals surface area contributed by atoms with E-state index in [1.54, 1.807) is 13.8 Å². The quantitative estimate of drug-likeness (QED) is 0.736. The maximum atomic E-state index is 12.8. The molecule has 0 aromatic heterocycles. The Balaban J connectivity index is 2.24. The maximum absolute atomic E-state index is 12.8. The van der Waals surface area contributed by atoms with Crippen molar-refractivity contribution >= 4 is 57.6 Å². The van der Waals surface area contributed by atoms with Gasteiger partial charge in [0.05, 0.1) is 32.3 Å². The van der Waals surface area contributed by atoms with Gasteiger partial charge in [0.25, 0.3) is 23.6 Å². The van der Waals surface area contributed by atoms with Crippen LogP contribution in [0.1, 0.15) is 55.3 Å². The van der Waals surface area contributed by atoms with Crippen molar-refractivity contribution in [2.75, 3.05) is 13.1 Å². The number of nitrogens with zero attached hydrogens (tertiary/aromatic N) is 2. The second-order valence-corrected chi connectivity index (χ2v) is 6.84. The molecule has 0 saturated carbocycles. The largest absolute Gasteiger partial charge is 0.275 e. The molecule has 2 aliphatic heterocycles. The summed E-state index contributed by atoms with van der Waals surface area (Å²) < 4.78 is 0. The number of carbonyl (C=O) groups is 4. The molecule has 2 heterocycles. The molecule has 0 atom stereocenters. The number of hydrogen-bond donors (Lipinski definition) is 0. The third-order valence-corrected chi connectivity index (χ3v) is 5.41. The summed E-state index contributed by atoms with van der Waals surface area (Å²) in [7, 11) is 0. The van der Waals surface area contributed by atoms with Crippen molar-refractivity contribution in [1.82, 2.24) is 9.80 Å². The van der Waals surface area contributed by atoms with Crippen LogP contribution in [0, 0.1) is 0 Å². The van der Waals surface area contributed by atoms with Gasteiger partial charge < -0.3 is 0 Å². The molecule has 8 heteroatoms. The molecule has 2 aliphatic rings. The zero-order valence-electron chi connectivity index (χ0n) is 13.9. The minimum absolute atomic E-state index is 0.0664. The van der Waals surface area contributed by atoms with E-state index in [-0.39, 0.29) is 56.2 Å². The van der Waals surface area contributed by atoms with Crippen LogP contribution in [0.5, 0.6) is 0 Å². The molecule has 4 amide bonds. The fourth-order valence-electron chi connectivity index (χ4n) is 3.64. The molecule has 0 unspecified atom stereocenters. The van der Waals surface area contributed by atoms with Crippen LogP contribution < -0.4 is 0 Å². The molecule has 4 rings (SSSR count). The van der Waals surface area contributed by atoms with Crippen LogP contribution in [-0.4, -0.2) is 46.5 Å². The first-order chi connectivity index (χ1) is 12.3. The zero-order valence-corrected chi connectivity index (χ0v) is 15.4. The Labute approximate surface area is 158 Å². The molecule has 0 N–H and O–H groups in total. The third-order valence-electron chi connectivity index (χ3n) is 4.81. The number of imide groups is 2. The lowest BCUT2D eigenvalue weighted by Gasteiger charge is -2.32. The van der Waals surface area contributed by atoms with Crippen molar-refractivity contribution < 1.29 is 19.2 Å². The molecule has 0 bridgehead atoms. The number of rotatable bonds is 2. The number of amides is 4. The Morgan fingerprint density at radius 2 is 1.04 bits per heavy atom. The molecule has 2 aromatic carbocycles. The lowest BCUT2D eigenvalue weighted by Crippen LogP contribution is -2.43. The van der Waals surface area contributed by atoms with Gasteiger partial charge in [-0.05, 0) is 26.0 Å². The topological polar surface area (TPSA) is 74.8 Å². The van der Waals surface area contributed by atoms with Gasteiger partial charge in [0.2, 0.25) is 0 Å². The monoisotopic (exact) mass is 390 g/mol. The second kappa shape index (κ2) is 5.53. The Morgan fingerprint density at radius 3 is 1.35 bits per heavy atom.